The Bertz CT molecular complexity index is 1800. The van der Waals surface area contributed by atoms with E-state index in [4.69, 9.17) is 28.4 Å². The molecule has 0 radical (unpaired) electrons. The van der Waals surface area contributed by atoms with Gasteiger partial charge in [-0.25, -0.2) is 0 Å². The minimum atomic E-state index is -1.98. The van der Waals surface area contributed by atoms with Gasteiger partial charge in [-0.05, 0) is 70.6 Å². The fourth-order valence-corrected chi connectivity index (χ4v) is 11.8. The summed E-state index contributed by atoms with van der Waals surface area (Å²) < 4.78 is 34.3. The first-order chi connectivity index (χ1) is 43.3. The van der Waals surface area contributed by atoms with E-state index in [-0.39, 0.29) is 18.9 Å². The lowest BCUT2D eigenvalue weighted by Crippen LogP contribution is -2.66. The quantitative estimate of drug-likeness (QED) is 0.0199. The molecule has 12 N–H and O–H groups in total. The predicted molar refractivity (Wildman–Crippen MR) is 346 cm³/mol. The van der Waals surface area contributed by atoms with Crippen molar-refractivity contribution in [2.45, 2.75) is 362 Å². The third-order valence-electron chi connectivity index (χ3n) is 17.6. The van der Waals surface area contributed by atoms with Gasteiger partial charge < -0.3 is 89.9 Å². The van der Waals surface area contributed by atoms with E-state index in [1.54, 1.807) is 6.08 Å². The first-order valence-corrected chi connectivity index (χ1v) is 35.4. The average molecular weight is 1270 g/mol. The smallest absolute Gasteiger partial charge is 0.220 e. The van der Waals surface area contributed by atoms with E-state index in [1.165, 1.54) is 180 Å². The molecule has 17 atom stereocenters. The monoisotopic (exact) mass is 1270 g/mol. The topological polar surface area (TPSA) is 307 Å². The molecule has 3 aliphatic heterocycles. The van der Waals surface area contributed by atoms with Crippen LogP contribution in [0.4, 0.5) is 0 Å². The van der Waals surface area contributed by atoms with Gasteiger partial charge in [0, 0.05) is 6.42 Å². The van der Waals surface area contributed by atoms with E-state index < -0.39 is 124 Å². The van der Waals surface area contributed by atoms with E-state index in [0.29, 0.717) is 12.8 Å². The number of carbonyl (C=O) groups is 1. The van der Waals surface area contributed by atoms with Gasteiger partial charge in [-0.2, -0.15) is 0 Å². The number of amides is 1. The lowest BCUT2D eigenvalue weighted by molar-refractivity contribution is -0.379. The molecule has 1 amide bonds. The van der Waals surface area contributed by atoms with Crippen LogP contribution >= 0.6 is 0 Å². The number of nitrogens with one attached hydrogen (secondary N) is 1. The van der Waals surface area contributed by atoms with Crippen molar-refractivity contribution in [3.05, 3.63) is 48.6 Å². The summed E-state index contributed by atoms with van der Waals surface area (Å²) in [6.07, 6.45) is 35.5. The number of ether oxygens (including phenoxy) is 6. The molecular weight excluding hydrogens is 1140 g/mol. The molecule has 3 heterocycles. The van der Waals surface area contributed by atoms with E-state index in [9.17, 15) is 61.0 Å². The Morgan fingerprint density at radius 1 is 0.393 bits per heavy atom. The first-order valence-electron chi connectivity index (χ1n) is 35.4. The Hall–Kier alpha value is -2.25. The Balaban J connectivity index is 1.37. The molecule has 0 bridgehead atoms. The van der Waals surface area contributed by atoms with Crippen LogP contribution in [-0.4, -0.2) is 193 Å². The Morgan fingerprint density at radius 3 is 1.15 bits per heavy atom. The van der Waals surface area contributed by atoms with E-state index >= 15 is 0 Å². The molecular formula is C70H127NO18. The predicted octanol–water partition coefficient (Wildman–Crippen LogP) is 9.39. The van der Waals surface area contributed by atoms with Gasteiger partial charge in [0.2, 0.25) is 5.91 Å². The van der Waals surface area contributed by atoms with Crippen LogP contribution in [0.5, 0.6) is 0 Å². The summed E-state index contributed by atoms with van der Waals surface area (Å²) in [6.45, 7) is 1.68. The van der Waals surface area contributed by atoms with Crippen LogP contribution in [0.15, 0.2) is 48.6 Å². The van der Waals surface area contributed by atoms with Gasteiger partial charge in [-0.3, -0.25) is 4.79 Å². The summed E-state index contributed by atoms with van der Waals surface area (Å²) in [5.74, 6) is -0.288. The van der Waals surface area contributed by atoms with Gasteiger partial charge in [0.15, 0.2) is 18.9 Å². The highest BCUT2D eigenvalue weighted by Gasteiger charge is 2.53. The number of rotatable bonds is 54. The van der Waals surface area contributed by atoms with Crippen molar-refractivity contribution in [1.29, 1.82) is 0 Å². The molecule has 89 heavy (non-hydrogen) atoms. The molecule has 19 heteroatoms. The number of aliphatic hydroxyl groups is 11. The summed E-state index contributed by atoms with van der Waals surface area (Å²) >= 11 is 0. The normalized spacial score (nSPS) is 28.5. The van der Waals surface area contributed by atoms with Crippen molar-refractivity contribution in [3.8, 4) is 0 Å². The largest absolute Gasteiger partial charge is 0.394 e. The Labute approximate surface area is 535 Å². The van der Waals surface area contributed by atoms with Crippen molar-refractivity contribution in [2.75, 3.05) is 26.4 Å². The number of allylic oxidation sites excluding steroid dienone is 7. The molecule has 520 valence electrons. The van der Waals surface area contributed by atoms with Crippen LogP contribution in [0.25, 0.3) is 0 Å². The van der Waals surface area contributed by atoms with Gasteiger partial charge in [0.05, 0.1) is 38.6 Å². The van der Waals surface area contributed by atoms with E-state index in [2.05, 4.69) is 55.6 Å². The maximum atomic E-state index is 13.4. The SMILES string of the molecule is CCCCC/C=C/CC/C=C/CC/C=C/C(O)C(COC1OC(CO)C(OC2OC(CO)C(OC3OC(CO)C(O)C(O)C3O)C(O)C2O)C(O)C1O)NC(=O)CCCCCCCCCCCCCCCCCCCCC/C=C\CCCCCCCCCC. The molecule has 17 unspecified atom stereocenters. The standard InChI is InChI=1S/C70H127NO18/c1-3-5-7-9-11-13-15-17-18-19-20-21-22-23-24-25-26-27-28-29-30-31-32-33-34-36-38-40-42-44-46-48-58(76)71-53(54(75)47-45-43-41-39-37-35-16-14-12-10-8-6-4-2)52-84-68-64(82)61(79)66(56(50-73)86-68)89-70-65(83)62(80)67(57(51-74)87-70)88-69-63(81)60(78)59(77)55(49-72)85-69/h12,14,19-20,37,39,45,47,53-57,59-70,72-75,77-83H,3-11,13,15-18,21-36,38,40-44,46,48-52H2,1-2H3,(H,71,76)/b14-12+,20-19-,39-37+,47-45+. The van der Waals surface area contributed by atoms with Crippen molar-refractivity contribution in [3.63, 3.8) is 0 Å². The second kappa shape index (κ2) is 52.1. The third-order valence-corrected chi connectivity index (χ3v) is 17.6. The molecule has 3 fully saturated rings. The maximum Gasteiger partial charge on any atom is 0.220 e. The van der Waals surface area contributed by atoms with Gasteiger partial charge in [0.25, 0.3) is 0 Å². The first kappa shape index (κ1) is 81.0. The third kappa shape index (κ3) is 34.1. The van der Waals surface area contributed by atoms with Crippen molar-refractivity contribution < 1.29 is 89.4 Å². The van der Waals surface area contributed by atoms with Crippen molar-refractivity contribution >= 4 is 5.91 Å². The summed E-state index contributed by atoms with van der Waals surface area (Å²) in [4.78, 5) is 13.4. The summed E-state index contributed by atoms with van der Waals surface area (Å²) in [5, 5.41) is 120. The van der Waals surface area contributed by atoms with Gasteiger partial charge >= 0.3 is 0 Å². The summed E-state index contributed by atoms with van der Waals surface area (Å²) in [7, 11) is 0. The minimum Gasteiger partial charge on any atom is -0.394 e. The molecule has 0 spiro atoms. The average Bonchev–Trinajstić information content (AvgIpc) is 3.18. The highest BCUT2D eigenvalue weighted by Crippen LogP contribution is 2.33. The van der Waals surface area contributed by atoms with Crippen LogP contribution in [-0.2, 0) is 33.2 Å². The van der Waals surface area contributed by atoms with Crippen molar-refractivity contribution in [1.82, 2.24) is 5.32 Å². The molecule has 3 saturated heterocycles. The molecule has 3 rings (SSSR count). The Kier molecular flexibility index (Phi) is 47.4. The van der Waals surface area contributed by atoms with Gasteiger partial charge in [-0.15, -0.1) is 0 Å². The van der Waals surface area contributed by atoms with E-state index in [1.807, 2.05) is 6.08 Å². The fourth-order valence-electron chi connectivity index (χ4n) is 11.8. The number of carbonyl (C=O) groups excluding carboxylic acids is 1. The van der Waals surface area contributed by atoms with Gasteiger partial charge in [-0.1, -0.05) is 229 Å². The molecule has 0 aromatic rings. The fraction of sp³-hybridized carbons (Fsp3) is 0.871. The van der Waals surface area contributed by atoms with Crippen LogP contribution in [0.1, 0.15) is 258 Å². The van der Waals surface area contributed by atoms with Crippen LogP contribution in [0.2, 0.25) is 0 Å². The van der Waals surface area contributed by atoms with Crippen LogP contribution in [0, 0.1) is 0 Å². The highest BCUT2D eigenvalue weighted by molar-refractivity contribution is 5.76. The second-order valence-electron chi connectivity index (χ2n) is 25.3. The molecule has 0 aromatic carbocycles. The number of hydrogen-bond donors (Lipinski definition) is 12. The number of unbranched alkanes of at least 4 members (excludes halogenated alkanes) is 32. The van der Waals surface area contributed by atoms with Gasteiger partial charge in [0.1, 0.15) is 73.2 Å². The zero-order valence-electron chi connectivity index (χ0n) is 54.9. The highest BCUT2D eigenvalue weighted by atomic mass is 16.8. The van der Waals surface area contributed by atoms with Crippen molar-refractivity contribution in [2.24, 2.45) is 0 Å². The molecule has 0 saturated carbocycles. The molecule has 19 nitrogen and oxygen atoms in total. The molecule has 3 aliphatic rings. The number of aliphatic hydroxyl groups excluding tert-OH is 11. The Morgan fingerprint density at radius 2 is 0.719 bits per heavy atom. The lowest BCUT2D eigenvalue weighted by atomic mass is 9.96. The van der Waals surface area contributed by atoms with Crippen LogP contribution < -0.4 is 5.32 Å². The molecule has 0 aromatic heterocycles. The molecule has 0 aliphatic carbocycles. The maximum absolute atomic E-state index is 13.4. The summed E-state index contributed by atoms with van der Waals surface area (Å²) in [5.41, 5.74) is 0. The zero-order valence-corrected chi connectivity index (χ0v) is 54.9. The minimum absolute atomic E-state index is 0.234. The van der Waals surface area contributed by atoms with E-state index in [0.717, 1.165) is 44.9 Å². The number of hydrogen-bond acceptors (Lipinski definition) is 18. The second-order valence-corrected chi connectivity index (χ2v) is 25.3. The summed E-state index contributed by atoms with van der Waals surface area (Å²) in [6, 6.07) is -0.995. The van der Waals surface area contributed by atoms with Crippen LogP contribution in [0.3, 0.4) is 0 Å². The lowest BCUT2D eigenvalue weighted by Gasteiger charge is -2.48. The zero-order chi connectivity index (χ0) is 64.7.